The number of hydrogen-bond acceptors (Lipinski definition) is 2. The Hall–Kier alpha value is -1.35. The molecule has 0 aromatic heterocycles. The summed E-state index contributed by atoms with van der Waals surface area (Å²) in [5.41, 5.74) is 7.00. The van der Waals surface area contributed by atoms with Crippen LogP contribution < -0.4 is 5.73 Å². The molecular weight excluding hydrogens is 236 g/mol. The van der Waals surface area contributed by atoms with Crippen LogP contribution in [0.15, 0.2) is 30.3 Å². The minimum atomic E-state index is -0.514. The summed E-state index contributed by atoms with van der Waals surface area (Å²) >= 11 is 0. The average Bonchev–Trinajstić information content (AvgIpc) is 2.72. The standard InChI is InChI=1S/C16H24N2O/c1-2-13-7-6-11-18(12-10-13)16(19)15(17)14-8-4-3-5-9-14/h3-5,8-9,13,15H,2,6-7,10-12,17H2,1H3/t13?,15-/m1/s1. The topological polar surface area (TPSA) is 46.3 Å². The van der Waals surface area contributed by atoms with E-state index in [1.165, 1.54) is 12.8 Å². The van der Waals surface area contributed by atoms with E-state index < -0.39 is 6.04 Å². The Morgan fingerprint density at radius 2 is 2.05 bits per heavy atom. The van der Waals surface area contributed by atoms with Crippen LogP contribution in [-0.2, 0) is 4.79 Å². The fourth-order valence-corrected chi connectivity index (χ4v) is 2.79. The first-order valence-electron chi connectivity index (χ1n) is 7.31. The molecule has 0 aliphatic carbocycles. The van der Waals surface area contributed by atoms with Gasteiger partial charge in [0.1, 0.15) is 6.04 Å². The van der Waals surface area contributed by atoms with Gasteiger partial charge in [-0.15, -0.1) is 0 Å². The molecule has 0 spiro atoms. The summed E-state index contributed by atoms with van der Waals surface area (Å²) in [4.78, 5) is 14.4. The molecule has 3 nitrogen and oxygen atoms in total. The molecule has 1 aromatic carbocycles. The fraction of sp³-hybridized carbons (Fsp3) is 0.562. The molecule has 0 saturated carbocycles. The van der Waals surface area contributed by atoms with Crippen molar-refractivity contribution in [2.75, 3.05) is 13.1 Å². The second-order valence-electron chi connectivity index (χ2n) is 5.42. The molecule has 0 bridgehead atoms. The molecule has 1 amide bonds. The maximum atomic E-state index is 12.4. The molecule has 2 atom stereocenters. The molecule has 0 radical (unpaired) electrons. The third-order valence-electron chi connectivity index (χ3n) is 4.16. The van der Waals surface area contributed by atoms with Crippen LogP contribution in [0.4, 0.5) is 0 Å². The Balaban J connectivity index is 1.99. The third-order valence-corrected chi connectivity index (χ3v) is 4.16. The smallest absolute Gasteiger partial charge is 0.244 e. The molecule has 19 heavy (non-hydrogen) atoms. The molecule has 1 fully saturated rings. The molecule has 2 N–H and O–H groups in total. The number of carbonyl (C=O) groups excluding carboxylic acids is 1. The van der Waals surface area contributed by atoms with Crippen LogP contribution in [0.5, 0.6) is 0 Å². The number of rotatable bonds is 3. The van der Waals surface area contributed by atoms with Gasteiger partial charge in [0, 0.05) is 13.1 Å². The van der Waals surface area contributed by atoms with E-state index in [1.807, 2.05) is 35.2 Å². The minimum absolute atomic E-state index is 0.0722. The summed E-state index contributed by atoms with van der Waals surface area (Å²) in [5, 5.41) is 0. The van der Waals surface area contributed by atoms with Crippen molar-refractivity contribution >= 4 is 5.91 Å². The molecule has 1 saturated heterocycles. The lowest BCUT2D eigenvalue weighted by atomic mass is 9.98. The SMILES string of the molecule is CCC1CCCN(C(=O)[C@H](N)c2ccccc2)CC1. The van der Waals surface area contributed by atoms with Crippen molar-refractivity contribution in [1.82, 2.24) is 4.90 Å². The Kier molecular flexibility index (Phi) is 4.97. The summed E-state index contributed by atoms with van der Waals surface area (Å²) in [7, 11) is 0. The van der Waals surface area contributed by atoms with Crippen LogP contribution in [0, 0.1) is 5.92 Å². The maximum absolute atomic E-state index is 12.4. The molecular formula is C16H24N2O. The van der Waals surface area contributed by atoms with Gasteiger partial charge >= 0.3 is 0 Å². The van der Waals surface area contributed by atoms with Gasteiger partial charge in [-0.2, -0.15) is 0 Å². The number of carbonyl (C=O) groups is 1. The van der Waals surface area contributed by atoms with E-state index in [9.17, 15) is 4.79 Å². The summed E-state index contributed by atoms with van der Waals surface area (Å²) < 4.78 is 0. The van der Waals surface area contributed by atoms with Gasteiger partial charge in [0.15, 0.2) is 0 Å². The van der Waals surface area contributed by atoms with Crippen molar-refractivity contribution in [3.05, 3.63) is 35.9 Å². The van der Waals surface area contributed by atoms with Crippen molar-refractivity contribution in [3.63, 3.8) is 0 Å². The first-order chi connectivity index (χ1) is 9.22. The van der Waals surface area contributed by atoms with E-state index in [0.717, 1.165) is 37.4 Å². The highest BCUT2D eigenvalue weighted by Gasteiger charge is 2.24. The van der Waals surface area contributed by atoms with Crippen LogP contribution in [0.25, 0.3) is 0 Å². The average molecular weight is 260 g/mol. The van der Waals surface area contributed by atoms with Crippen molar-refractivity contribution < 1.29 is 4.79 Å². The van der Waals surface area contributed by atoms with E-state index in [4.69, 9.17) is 5.73 Å². The van der Waals surface area contributed by atoms with Crippen molar-refractivity contribution in [1.29, 1.82) is 0 Å². The lowest BCUT2D eigenvalue weighted by Crippen LogP contribution is -2.39. The van der Waals surface area contributed by atoms with Crippen LogP contribution in [0.3, 0.4) is 0 Å². The van der Waals surface area contributed by atoms with Crippen molar-refractivity contribution in [2.45, 2.75) is 38.6 Å². The van der Waals surface area contributed by atoms with Gasteiger partial charge in [-0.25, -0.2) is 0 Å². The van der Waals surface area contributed by atoms with E-state index in [1.54, 1.807) is 0 Å². The Labute approximate surface area is 115 Å². The number of likely N-dealkylation sites (tertiary alicyclic amines) is 1. The molecule has 1 aliphatic heterocycles. The molecule has 1 heterocycles. The molecule has 1 unspecified atom stereocenters. The van der Waals surface area contributed by atoms with Crippen molar-refractivity contribution in [3.8, 4) is 0 Å². The van der Waals surface area contributed by atoms with Crippen LogP contribution in [-0.4, -0.2) is 23.9 Å². The quantitative estimate of drug-likeness (QED) is 0.908. The zero-order valence-corrected chi connectivity index (χ0v) is 11.7. The second kappa shape index (κ2) is 6.71. The normalized spacial score (nSPS) is 21.8. The molecule has 2 rings (SSSR count). The third kappa shape index (κ3) is 3.57. The monoisotopic (exact) mass is 260 g/mol. The Bertz CT molecular complexity index is 404. The summed E-state index contributed by atoms with van der Waals surface area (Å²) in [5.74, 6) is 0.841. The molecule has 3 heteroatoms. The summed E-state index contributed by atoms with van der Waals surface area (Å²) in [6, 6.07) is 9.14. The van der Waals surface area contributed by atoms with E-state index in [2.05, 4.69) is 6.92 Å². The minimum Gasteiger partial charge on any atom is -0.341 e. The summed E-state index contributed by atoms with van der Waals surface area (Å²) in [6.45, 7) is 3.95. The van der Waals surface area contributed by atoms with Gasteiger partial charge in [0.25, 0.3) is 0 Å². The van der Waals surface area contributed by atoms with Gasteiger partial charge < -0.3 is 10.6 Å². The lowest BCUT2D eigenvalue weighted by molar-refractivity contribution is -0.132. The van der Waals surface area contributed by atoms with Crippen LogP contribution >= 0.6 is 0 Å². The zero-order chi connectivity index (χ0) is 13.7. The molecule has 104 valence electrons. The van der Waals surface area contributed by atoms with Gasteiger partial charge in [0.2, 0.25) is 5.91 Å². The van der Waals surface area contributed by atoms with Gasteiger partial charge in [0.05, 0.1) is 0 Å². The predicted octanol–water partition coefficient (Wildman–Crippen LogP) is 2.73. The first kappa shape index (κ1) is 14.1. The number of amides is 1. The lowest BCUT2D eigenvalue weighted by Gasteiger charge is -2.24. The number of nitrogens with zero attached hydrogens (tertiary/aromatic N) is 1. The maximum Gasteiger partial charge on any atom is 0.244 e. The van der Waals surface area contributed by atoms with Crippen molar-refractivity contribution in [2.24, 2.45) is 11.7 Å². The first-order valence-corrected chi connectivity index (χ1v) is 7.31. The van der Waals surface area contributed by atoms with Crippen LogP contribution in [0.1, 0.15) is 44.2 Å². The summed E-state index contributed by atoms with van der Waals surface area (Å²) in [6.07, 6.45) is 4.67. The largest absolute Gasteiger partial charge is 0.341 e. The van der Waals surface area contributed by atoms with Gasteiger partial charge in [-0.05, 0) is 30.7 Å². The number of nitrogens with two attached hydrogens (primary N) is 1. The van der Waals surface area contributed by atoms with E-state index in [-0.39, 0.29) is 5.91 Å². The highest BCUT2D eigenvalue weighted by atomic mass is 16.2. The number of benzene rings is 1. The Morgan fingerprint density at radius 3 is 2.74 bits per heavy atom. The Morgan fingerprint density at radius 1 is 1.32 bits per heavy atom. The van der Waals surface area contributed by atoms with E-state index >= 15 is 0 Å². The van der Waals surface area contributed by atoms with Gasteiger partial charge in [-0.1, -0.05) is 43.7 Å². The number of hydrogen-bond donors (Lipinski definition) is 1. The van der Waals surface area contributed by atoms with E-state index in [0.29, 0.717) is 0 Å². The zero-order valence-electron chi connectivity index (χ0n) is 11.7. The van der Waals surface area contributed by atoms with Crippen LogP contribution in [0.2, 0.25) is 0 Å². The second-order valence-corrected chi connectivity index (χ2v) is 5.42. The molecule has 1 aromatic rings. The highest BCUT2D eigenvalue weighted by Crippen LogP contribution is 2.22. The predicted molar refractivity (Wildman–Crippen MR) is 77.6 cm³/mol. The van der Waals surface area contributed by atoms with Gasteiger partial charge in [-0.3, -0.25) is 4.79 Å². The molecule has 1 aliphatic rings. The fourth-order valence-electron chi connectivity index (χ4n) is 2.79. The highest BCUT2D eigenvalue weighted by molar-refractivity contribution is 5.83.